The molecule has 0 saturated carbocycles. The molecule has 32 heavy (non-hydrogen) atoms. The highest BCUT2D eigenvalue weighted by atomic mass is 32.1. The number of thiazole rings is 1. The van der Waals surface area contributed by atoms with Crippen LogP contribution >= 0.6 is 11.3 Å². The SMILES string of the molecule is CN(Cc1ccccc1)C(=O)c1csc(-c2ccc(OCc3c(F)cccc3F)cc2)n1. The number of amides is 1. The summed E-state index contributed by atoms with van der Waals surface area (Å²) in [5, 5.41) is 2.44. The largest absolute Gasteiger partial charge is 0.489 e. The molecule has 0 saturated heterocycles. The van der Waals surface area contributed by atoms with E-state index in [0.717, 1.165) is 11.1 Å². The molecule has 0 aliphatic carbocycles. The van der Waals surface area contributed by atoms with Gasteiger partial charge in [0.25, 0.3) is 5.91 Å². The van der Waals surface area contributed by atoms with Crippen molar-refractivity contribution in [2.24, 2.45) is 0 Å². The van der Waals surface area contributed by atoms with Crippen molar-refractivity contribution in [2.75, 3.05) is 7.05 Å². The van der Waals surface area contributed by atoms with Crippen molar-refractivity contribution in [3.63, 3.8) is 0 Å². The van der Waals surface area contributed by atoms with Crippen LogP contribution in [-0.2, 0) is 13.2 Å². The molecule has 4 nitrogen and oxygen atoms in total. The number of rotatable bonds is 7. The minimum atomic E-state index is -0.640. The van der Waals surface area contributed by atoms with E-state index in [1.54, 1.807) is 41.6 Å². The van der Waals surface area contributed by atoms with E-state index in [9.17, 15) is 13.6 Å². The second-order valence-corrected chi connectivity index (χ2v) is 8.06. The van der Waals surface area contributed by atoms with E-state index < -0.39 is 11.6 Å². The first kappa shape index (κ1) is 21.6. The molecular weight excluding hydrogens is 430 g/mol. The van der Waals surface area contributed by atoms with Crippen LogP contribution in [0, 0.1) is 11.6 Å². The molecule has 1 aromatic heterocycles. The summed E-state index contributed by atoms with van der Waals surface area (Å²) in [5.74, 6) is -0.951. The van der Waals surface area contributed by atoms with Gasteiger partial charge in [0.15, 0.2) is 0 Å². The number of carbonyl (C=O) groups excluding carboxylic acids is 1. The van der Waals surface area contributed by atoms with Crippen LogP contribution in [0.5, 0.6) is 5.75 Å². The Bertz CT molecular complexity index is 1190. The first-order valence-electron chi connectivity index (χ1n) is 9.92. The smallest absolute Gasteiger partial charge is 0.273 e. The van der Waals surface area contributed by atoms with Gasteiger partial charge in [-0.05, 0) is 42.0 Å². The molecule has 162 valence electrons. The van der Waals surface area contributed by atoms with Crippen LogP contribution in [0.4, 0.5) is 8.78 Å². The van der Waals surface area contributed by atoms with Gasteiger partial charge in [0.2, 0.25) is 0 Å². The third-order valence-corrected chi connectivity index (χ3v) is 5.77. The van der Waals surface area contributed by atoms with Gasteiger partial charge in [-0.1, -0.05) is 36.4 Å². The first-order chi connectivity index (χ1) is 15.5. The van der Waals surface area contributed by atoms with Crippen molar-refractivity contribution >= 4 is 17.2 Å². The maximum atomic E-state index is 13.7. The summed E-state index contributed by atoms with van der Waals surface area (Å²) in [6, 6.07) is 20.5. The molecule has 0 aliphatic heterocycles. The van der Waals surface area contributed by atoms with Crippen molar-refractivity contribution in [1.82, 2.24) is 9.88 Å². The van der Waals surface area contributed by atoms with Crippen molar-refractivity contribution in [1.29, 1.82) is 0 Å². The molecule has 4 rings (SSSR count). The molecule has 4 aromatic rings. The third-order valence-electron chi connectivity index (χ3n) is 4.88. The first-order valence-corrected chi connectivity index (χ1v) is 10.8. The fourth-order valence-electron chi connectivity index (χ4n) is 3.15. The summed E-state index contributed by atoms with van der Waals surface area (Å²) in [6.07, 6.45) is 0. The number of halogens is 2. The van der Waals surface area contributed by atoms with Gasteiger partial charge in [0, 0.05) is 24.5 Å². The third kappa shape index (κ3) is 5.00. The van der Waals surface area contributed by atoms with Crippen LogP contribution in [0.1, 0.15) is 21.6 Å². The predicted octanol–water partition coefficient (Wildman–Crippen LogP) is 5.94. The molecule has 0 spiro atoms. The van der Waals surface area contributed by atoms with E-state index in [1.807, 2.05) is 30.3 Å². The summed E-state index contributed by atoms with van der Waals surface area (Å²) >= 11 is 1.38. The van der Waals surface area contributed by atoms with Gasteiger partial charge < -0.3 is 9.64 Å². The number of hydrogen-bond donors (Lipinski definition) is 0. The molecule has 0 atom stereocenters. The lowest BCUT2D eigenvalue weighted by Gasteiger charge is -2.15. The fraction of sp³-hybridized carbons (Fsp3) is 0.120. The lowest BCUT2D eigenvalue weighted by Crippen LogP contribution is -2.26. The zero-order valence-electron chi connectivity index (χ0n) is 17.3. The summed E-state index contributed by atoms with van der Waals surface area (Å²) in [5.41, 5.74) is 2.15. The average Bonchev–Trinajstić information content (AvgIpc) is 3.29. The lowest BCUT2D eigenvalue weighted by molar-refractivity contribution is 0.0780. The van der Waals surface area contributed by atoms with Gasteiger partial charge in [-0.25, -0.2) is 13.8 Å². The quantitative estimate of drug-likeness (QED) is 0.350. The van der Waals surface area contributed by atoms with Crippen molar-refractivity contribution < 1.29 is 18.3 Å². The molecule has 1 heterocycles. The molecule has 7 heteroatoms. The maximum absolute atomic E-state index is 13.7. The van der Waals surface area contributed by atoms with Crippen LogP contribution < -0.4 is 4.74 Å². The number of aromatic nitrogens is 1. The average molecular weight is 451 g/mol. The van der Waals surface area contributed by atoms with Crippen LogP contribution in [0.3, 0.4) is 0 Å². The van der Waals surface area contributed by atoms with E-state index >= 15 is 0 Å². The standard InChI is InChI=1S/C25H20F2N2O2S/c1-29(14-17-6-3-2-4-7-17)25(30)23-16-32-24(28-23)18-10-12-19(13-11-18)31-15-20-21(26)8-5-9-22(20)27/h2-13,16H,14-15H2,1H3. The zero-order valence-corrected chi connectivity index (χ0v) is 18.1. The molecular formula is C25H20F2N2O2S. The minimum Gasteiger partial charge on any atom is -0.489 e. The topological polar surface area (TPSA) is 42.4 Å². The summed E-state index contributed by atoms with van der Waals surface area (Å²) in [4.78, 5) is 18.8. The highest BCUT2D eigenvalue weighted by Gasteiger charge is 2.16. The van der Waals surface area contributed by atoms with Crippen molar-refractivity contribution in [2.45, 2.75) is 13.2 Å². The summed E-state index contributed by atoms with van der Waals surface area (Å²) in [7, 11) is 1.75. The highest BCUT2D eigenvalue weighted by Crippen LogP contribution is 2.27. The summed E-state index contributed by atoms with van der Waals surface area (Å²) < 4.78 is 33.0. The van der Waals surface area contributed by atoms with Gasteiger partial charge in [0.05, 0.1) is 5.56 Å². The maximum Gasteiger partial charge on any atom is 0.273 e. The Morgan fingerprint density at radius 1 is 0.969 bits per heavy atom. The fourth-order valence-corrected chi connectivity index (χ4v) is 3.95. The normalized spacial score (nSPS) is 10.7. The zero-order chi connectivity index (χ0) is 22.5. The number of benzene rings is 3. The molecule has 0 radical (unpaired) electrons. The molecule has 3 aromatic carbocycles. The number of ether oxygens (including phenoxy) is 1. The van der Waals surface area contributed by atoms with E-state index in [-0.39, 0.29) is 18.1 Å². The molecule has 0 unspecified atom stereocenters. The summed E-state index contributed by atoms with van der Waals surface area (Å²) in [6.45, 7) is 0.294. The van der Waals surface area contributed by atoms with Gasteiger partial charge in [-0.3, -0.25) is 4.79 Å². The van der Waals surface area contributed by atoms with Crippen LogP contribution in [0.15, 0.2) is 78.2 Å². The Labute approximate surface area is 188 Å². The molecule has 0 aliphatic rings. The van der Waals surface area contributed by atoms with Crippen LogP contribution in [0.2, 0.25) is 0 Å². The van der Waals surface area contributed by atoms with E-state index in [4.69, 9.17) is 4.74 Å². The number of carbonyl (C=O) groups is 1. The second kappa shape index (κ2) is 9.70. The van der Waals surface area contributed by atoms with E-state index in [2.05, 4.69) is 4.98 Å². The molecule has 0 fully saturated rings. The van der Waals surface area contributed by atoms with Gasteiger partial charge in [0.1, 0.15) is 34.7 Å². The van der Waals surface area contributed by atoms with Gasteiger partial charge in [-0.2, -0.15) is 0 Å². The predicted molar refractivity (Wildman–Crippen MR) is 120 cm³/mol. The van der Waals surface area contributed by atoms with Crippen molar-refractivity contribution in [3.05, 3.63) is 107 Å². The van der Waals surface area contributed by atoms with Gasteiger partial charge >= 0.3 is 0 Å². The monoisotopic (exact) mass is 450 g/mol. The van der Waals surface area contributed by atoms with Gasteiger partial charge in [-0.15, -0.1) is 11.3 Å². The van der Waals surface area contributed by atoms with Crippen LogP contribution in [-0.4, -0.2) is 22.8 Å². The molecule has 0 bridgehead atoms. The van der Waals surface area contributed by atoms with Crippen LogP contribution in [0.25, 0.3) is 10.6 Å². The Balaban J connectivity index is 1.40. The number of hydrogen-bond acceptors (Lipinski definition) is 4. The highest BCUT2D eigenvalue weighted by molar-refractivity contribution is 7.13. The molecule has 0 N–H and O–H groups in total. The van der Waals surface area contributed by atoms with E-state index in [1.165, 1.54) is 29.5 Å². The second-order valence-electron chi connectivity index (χ2n) is 7.20. The molecule has 1 amide bonds. The number of nitrogens with zero attached hydrogens (tertiary/aromatic N) is 2. The van der Waals surface area contributed by atoms with Crippen molar-refractivity contribution in [3.8, 4) is 16.3 Å². The Morgan fingerprint density at radius 2 is 1.66 bits per heavy atom. The lowest BCUT2D eigenvalue weighted by atomic mass is 10.2. The Kier molecular flexibility index (Phi) is 6.56. The van der Waals surface area contributed by atoms with E-state index in [0.29, 0.717) is 23.0 Å². The Hall–Kier alpha value is -3.58. The minimum absolute atomic E-state index is 0.112. The Morgan fingerprint density at radius 3 is 2.34 bits per heavy atom.